The van der Waals surface area contributed by atoms with Crippen molar-refractivity contribution in [1.82, 2.24) is 0 Å². The van der Waals surface area contributed by atoms with Gasteiger partial charge in [0.25, 0.3) is 0 Å². The van der Waals surface area contributed by atoms with Crippen LogP contribution in [0.4, 0.5) is 0 Å². The fraction of sp³-hybridized carbons (Fsp3) is 0.294. The Morgan fingerprint density at radius 2 is 1.32 bits per heavy atom. The van der Waals surface area contributed by atoms with Crippen molar-refractivity contribution in [2.45, 2.75) is 46.1 Å². The van der Waals surface area contributed by atoms with Crippen LogP contribution >= 0.6 is 7.92 Å². The summed E-state index contributed by atoms with van der Waals surface area (Å²) in [7, 11) is -0.446. The Hall–Kier alpha value is -2.71. The summed E-state index contributed by atoms with van der Waals surface area (Å²) in [5.74, 6) is 1.83. The monoisotopic (exact) mass is 595 g/mol. The minimum atomic E-state index is -0.446. The number of allylic oxidation sites excluding steroid dienone is 2. The molecule has 210 valence electrons. The van der Waals surface area contributed by atoms with Crippen LogP contribution in [0.3, 0.4) is 0 Å². The van der Waals surface area contributed by atoms with Gasteiger partial charge in [0, 0.05) is 0 Å². The molecule has 0 spiro atoms. The van der Waals surface area contributed by atoms with Crippen LogP contribution in [0.1, 0.15) is 40.0 Å². The summed E-state index contributed by atoms with van der Waals surface area (Å²) in [6.07, 6.45) is 13.6. The number of carbonyl (C=O) groups excluding carboxylic acids is 1. The number of rotatable bonds is 6. The molecule has 0 aliphatic heterocycles. The van der Waals surface area contributed by atoms with Crippen LogP contribution < -0.4 is 15.9 Å². The number of nitroso groups, excluding NO2 is 1. The van der Waals surface area contributed by atoms with E-state index in [2.05, 4.69) is 112 Å². The number of ether oxygens (including phenoxy) is 1. The van der Waals surface area contributed by atoms with E-state index >= 15 is 0 Å². The van der Waals surface area contributed by atoms with Crippen molar-refractivity contribution in [3.63, 3.8) is 0 Å². The van der Waals surface area contributed by atoms with Gasteiger partial charge in [-0.2, -0.15) is 0 Å². The topological polar surface area (TPSA) is 65.7 Å². The molecule has 0 aromatic heterocycles. The van der Waals surface area contributed by atoms with Gasteiger partial charge in [0.05, 0.1) is 6.10 Å². The van der Waals surface area contributed by atoms with Gasteiger partial charge in [-0.3, -0.25) is 0 Å². The summed E-state index contributed by atoms with van der Waals surface area (Å²) >= 11 is 0. The van der Waals surface area contributed by atoms with Crippen LogP contribution in [0.15, 0.2) is 103 Å². The Balaban J connectivity index is 0.000000330. The molecule has 2 aliphatic rings. The van der Waals surface area contributed by atoms with E-state index in [4.69, 9.17) is 15.2 Å². The molecule has 0 bridgehead atoms. The molecule has 0 heterocycles. The maximum Gasteiger partial charge on any atom is 3.00 e. The molecule has 3 aromatic rings. The molecule has 1 unspecified atom stereocenters. The molecule has 0 amide bonds. The van der Waals surface area contributed by atoms with Crippen LogP contribution in [0.25, 0.3) is 5.59 Å². The van der Waals surface area contributed by atoms with Crippen LogP contribution in [0, 0.1) is 41.9 Å². The minimum Gasteiger partial charge on any atom is -0.650 e. The molecule has 2 aliphatic carbocycles. The summed E-state index contributed by atoms with van der Waals surface area (Å²) < 4.78 is 5.02. The number of hydrogen-bond acceptors (Lipinski definition) is 3. The molecule has 40 heavy (non-hydrogen) atoms. The van der Waals surface area contributed by atoms with Crippen molar-refractivity contribution in [1.29, 1.82) is 0 Å². The molecule has 1 saturated carbocycles. The first kappa shape index (κ1) is 35.3. The first-order valence-electron chi connectivity index (χ1n) is 13.4. The molecular formula is C34H39MnNO3P. The maximum atomic E-state index is 10.2. The van der Waals surface area contributed by atoms with E-state index in [1.54, 1.807) is 6.47 Å². The Morgan fingerprint density at radius 3 is 1.65 bits per heavy atom. The van der Waals surface area contributed by atoms with Crippen molar-refractivity contribution in [3.8, 4) is 0 Å². The van der Waals surface area contributed by atoms with Gasteiger partial charge in [-0.25, -0.2) is 18.6 Å². The summed E-state index contributed by atoms with van der Waals surface area (Å²) in [5, 5.41) is 4.19. The molecule has 1 fully saturated rings. The first-order chi connectivity index (χ1) is 19.1. The quantitative estimate of drug-likeness (QED) is 0.169. The minimum absolute atomic E-state index is 0. The molecule has 6 heteroatoms. The zero-order valence-electron chi connectivity index (χ0n) is 23.5. The second kappa shape index (κ2) is 21.1. The Bertz CT molecular complexity index is 966. The van der Waals surface area contributed by atoms with Gasteiger partial charge >= 0.3 is 17.1 Å². The molecule has 0 N–H and O–H groups in total. The van der Waals surface area contributed by atoms with E-state index in [1.807, 2.05) is 31.4 Å². The van der Waals surface area contributed by atoms with Crippen molar-refractivity contribution in [2.24, 2.45) is 17.8 Å². The van der Waals surface area contributed by atoms with Crippen molar-refractivity contribution < 1.29 is 26.6 Å². The van der Waals surface area contributed by atoms with Crippen LogP contribution in [0.2, 0.25) is 0 Å². The van der Waals surface area contributed by atoms with Gasteiger partial charge in [0.2, 0.25) is 0 Å². The van der Waals surface area contributed by atoms with Crippen molar-refractivity contribution in [2.75, 3.05) is 0 Å². The molecule has 5 rings (SSSR count). The predicted octanol–water partition coefficient (Wildman–Crippen LogP) is 7.46. The summed E-state index contributed by atoms with van der Waals surface area (Å²) in [6, 6.07) is 32.3. The fourth-order valence-electron chi connectivity index (χ4n) is 4.81. The molecular weight excluding hydrogens is 556 g/mol. The fourth-order valence-corrected chi connectivity index (χ4v) is 7.12. The average molecular weight is 596 g/mol. The third-order valence-electron chi connectivity index (χ3n) is 6.76. The van der Waals surface area contributed by atoms with Gasteiger partial charge in [0.1, 0.15) is 0 Å². The maximum absolute atomic E-state index is 10.2. The van der Waals surface area contributed by atoms with Crippen molar-refractivity contribution in [3.05, 3.63) is 133 Å². The molecule has 2 radical (unpaired) electrons. The SMILES string of the molecule is CC(C)C1CC[C@H](C)C[C@@H]1O[C-]=O.[CH]1[CH][CH-]C=C1.[Mn+3].[N-]=O.c1ccc(P(c2ccccc2)c2ccccc2)cc1. The smallest absolute Gasteiger partial charge is 0.650 e. The van der Waals surface area contributed by atoms with Crippen LogP contribution in [-0.2, 0) is 26.6 Å². The molecule has 3 atom stereocenters. The van der Waals surface area contributed by atoms with Crippen LogP contribution in [-0.4, -0.2) is 12.6 Å². The average Bonchev–Trinajstić information content (AvgIpc) is 3.57. The zero-order chi connectivity index (χ0) is 28.3. The molecule has 3 aromatic carbocycles. The Morgan fingerprint density at radius 1 is 0.850 bits per heavy atom. The first-order valence-corrected chi connectivity index (χ1v) is 14.8. The van der Waals surface area contributed by atoms with Gasteiger partial charge in [0.15, 0.2) is 0 Å². The zero-order valence-corrected chi connectivity index (χ0v) is 25.5. The normalized spacial score (nSPS) is 18.8. The van der Waals surface area contributed by atoms with Gasteiger partial charge in [-0.05, 0) is 54.4 Å². The summed E-state index contributed by atoms with van der Waals surface area (Å²) in [5.41, 5.74) is 5.75. The van der Waals surface area contributed by atoms with E-state index in [-0.39, 0.29) is 23.2 Å². The van der Waals surface area contributed by atoms with E-state index in [1.165, 1.54) is 28.8 Å². The van der Waals surface area contributed by atoms with Gasteiger partial charge in [-0.1, -0.05) is 125 Å². The van der Waals surface area contributed by atoms with E-state index < -0.39 is 7.92 Å². The summed E-state index contributed by atoms with van der Waals surface area (Å²) in [6.45, 7) is 8.21. The van der Waals surface area contributed by atoms with E-state index in [9.17, 15) is 4.79 Å². The van der Waals surface area contributed by atoms with Gasteiger partial charge < -0.3 is 20.0 Å². The second-order valence-corrected chi connectivity index (χ2v) is 12.1. The second-order valence-electron chi connectivity index (χ2n) is 9.87. The van der Waals surface area contributed by atoms with E-state index in [0.29, 0.717) is 17.8 Å². The summed E-state index contributed by atoms with van der Waals surface area (Å²) in [4.78, 5) is 17.5. The third-order valence-corrected chi connectivity index (χ3v) is 9.20. The largest absolute Gasteiger partial charge is 3.00 e. The number of nitrogens with zero attached hydrogens (tertiary/aromatic N) is 1. The third kappa shape index (κ3) is 12.2. The van der Waals surface area contributed by atoms with Crippen LogP contribution in [0.5, 0.6) is 0 Å². The Labute approximate surface area is 253 Å². The molecule has 4 nitrogen and oxygen atoms in total. The number of benzene rings is 3. The molecule has 0 saturated heterocycles. The Kier molecular flexibility index (Phi) is 18.6. The van der Waals surface area contributed by atoms with Crippen molar-refractivity contribution >= 4 is 30.3 Å². The van der Waals surface area contributed by atoms with E-state index in [0.717, 1.165) is 6.42 Å². The van der Waals surface area contributed by atoms with Gasteiger partial charge in [-0.15, -0.1) is 12.8 Å². The number of hydrogen-bond donors (Lipinski definition) is 0. The standard InChI is InChI=1S/C18H15P.C11H19O2.C5H5.Mn.NO/c1-4-10-16(11-5-1)19(17-12-6-2-7-13-17)18-14-8-3-9-15-18;1-8(2)10-5-4-9(3)6-11(10)13-7-12;1-2-4-5-3-1;;1-2/h1-15H;8-11H,4-6H2,1-3H3;1-5H;;/q;2*-1;+3;-1/t;9-,10?,11-;;;/m.0.../s1. The predicted molar refractivity (Wildman–Crippen MR) is 166 cm³/mol.